The Morgan fingerprint density at radius 1 is 1.29 bits per heavy atom. The Hall–Kier alpha value is -1.31. The van der Waals surface area contributed by atoms with E-state index in [1.54, 1.807) is 0 Å². The van der Waals surface area contributed by atoms with E-state index in [0.717, 1.165) is 25.9 Å². The molecule has 0 radical (unpaired) electrons. The lowest BCUT2D eigenvalue weighted by molar-refractivity contribution is -0.200. The Labute approximate surface area is 121 Å². The molecule has 0 bridgehead atoms. The van der Waals surface area contributed by atoms with E-state index in [2.05, 4.69) is 10.1 Å². The molecule has 122 valence electrons. The van der Waals surface area contributed by atoms with Crippen molar-refractivity contribution in [3.8, 4) is 0 Å². The number of piperidine rings is 1. The van der Waals surface area contributed by atoms with Gasteiger partial charge < -0.3 is 15.0 Å². The number of carbonyl (C=O) groups excluding carboxylic acids is 2. The minimum Gasteiger partial charge on any atom is -0.449 e. The summed E-state index contributed by atoms with van der Waals surface area (Å²) in [4.78, 5) is 24.3. The maximum absolute atomic E-state index is 12.1. The second-order valence-electron chi connectivity index (χ2n) is 5.50. The molecular weight excluding hydrogens is 289 g/mol. The molecule has 5 nitrogen and oxygen atoms in total. The van der Waals surface area contributed by atoms with E-state index in [-0.39, 0.29) is 12.0 Å². The van der Waals surface area contributed by atoms with E-state index in [0.29, 0.717) is 6.54 Å². The minimum atomic E-state index is -5.07. The number of carbonyl (C=O) groups is 2. The molecular formula is C13H21F3N2O3. The van der Waals surface area contributed by atoms with E-state index in [1.807, 2.05) is 13.8 Å². The summed E-state index contributed by atoms with van der Waals surface area (Å²) < 4.78 is 40.2. The molecule has 1 heterocycles. The van der Waals surface area contributed by atoms with E-state index in [9.17, 15) is 22.8 Å². The molecule has 0 saturated carbocycles. The van der Waals surface area contributed by atoms with Crippen LogP contribution in [0.5, 0.6) is 0 Å². The molecule has 1 N–H and O–H groups in total. The zero-order chi connectivity index (χ0) is 16.0. The van der Waals surface area contributed by atoms with Crippen molar-refractivity contribution in [2.75, 3.05) is 26.2 Å². The van der Waals surface area contributed by atoms with Gasteiger partial charge in [0.05, 0.1) is 0 Å². The average molecular weight is 310 g/mol. The van der Waals surface area contributed by atoms with Crippen LogP contribution < -0.4 is 5.32 Å². The average Bonchev–Trinajstić information content (AvgIpc) is 2.41. The van der Waals surface area contributed by atoms with Gasteiger partial charge in [0, 0.05) is 12.6 Å². The number of amides is 1. The van der Waals surface area contributed by atoms with Crippen molar-refractivity contribution in [1.29, 1.82) is 0 Å². The molecule has 1 amide bonds. The number of halogens is 3. The van der Waals surface area contributed by atoms with Crippen molar-refractivity contribution in [2.45, 2.75) is 38.9 Å². The lowest BCUT2D eigenvalue weighted by Gasteiger charge is -2.35. The third-order valence-corrected chi connectivity index (χ3v) is 3.19. The molecule has 8 heteroatoms. The normalized spacial score (nSPS) is 16.9. The van der Waals surface area contributed by atoms with Gasteiger partial charge in [-0.3, -0.25) is 4.79 Å². The molecule has 1 aliphatic rings. The van der Waals surface area contributed by atoms with Gasteiger partial charge in [-0.1, -0.05) is 13.8 Å². The highest BCUT2D eigenvalue weighted by atomic mass is 19.4. The maximum atomic E-state index is 12.1. The first-order valence-electron chi connectivity index (χ1n) is 6.96. The van der Waals surface area contributed by atoms with E-state index in [4.69, 9.17) is 0 Å². The molecule has 0 spiro atoms. The van der Waals surface area contributed by atoms with Crippen molar-refractivity contribution in [3.05, 3.63) is 0 Å². The maximum Gasteiger partial charge on any atom is 0.490 e. The number of alkyl halides is 3. The third kappa shape index (κ3) is 5.91. The van der Waals surface area contributed by atoms with Crippen LogP contribution in [-0.4, -0.2) is 55.2 Å². The van der Waals surface area contributed by atoms with Crippen LogP contribution in [0, 0.1) is 5.92 Å². The molecule has 1 rings (SSSR count). The number of nitrogens with zero attached hydrogens (tertiary/aromatic N) is 1. The lowest BCUT2D eigenvalue weighted by atomic mass is 10.0. The number of ether oxygens (including phenoxy) is 1. The van der Waals surface area contributed by atoms with Crippen LogP contribution in [0.15, 0.2) is 0 Å². The van der Waals surface area contributed by atoms with Crippen LogP contribution in [0.1, 0.15) is 26.7 Å². The third-order valence-electron chi connectivity index (χ3n) is 3.19. The molecule has 21 heavy (non-hydrogen) atoms. The van der Waals surface area contributed by atoms with Crippen molar-refractivity contribution in [3.63, 3.8) is 0 Å². The van der Waals surface area contributed by atoms with Gasteiger partial charge in [-0.05, 0) is 31.8 Å². The van der Waals surface area contributed by atoms with Crippen LogP contribution in [0.25, 0.3) is 0 Å². The first-order chi connectivity index (χ1) is 9.71. The molecule has 0 aromatic rings. The summed E-state index contributed by atoms with van der Waals surface area (Å²) in [5.74, 6) is -2.72. The predicted molar refractivity (Wildman–Crippen MR) is 69.5 cm³/mol. The van der Waals surface area contributed by atoms with Crippen LogP contribution in [0.3, 0.4) is 0 Å². The summed E-state index contributed by atoms with van der Waals surface area (Å²) in [5.41, 5.74) is 0. The van der Waals surface area contributed by atoms with Gasteiger partial charge >= 0.3 is 12.1 Å². The molecule has 0 aromatic heterocycles. The fourth-order valence-electron chi connectivity index (χ4n) is 2.26. The van der Waals surface area contributed by atoms with Gasteiger partial charge in [0.25, 0.3) is 5.91 Å². The fourth-order valence-corrected chi connectivity index (χ4v) is 2.26. The number of hydrogen-bond donors (Lipinski definition) is 1. The Balaban J connectivity index is 2.60. The van der Waals surface area contributed by atoms with Gasteiger partial charge in [-0.2, -0.15) is 13.2 Å². The molecule has 0 unspecified atom stereocenters. The molecule has 1 saturated heterocycles. The molecule has 0 aromatic carbocycles. The molecule has 0 aliphatic carbocycles. The summed E-state index contributed by atoms with van der Waals surface area (Å²) >= 11 is 0. The largest absolute Gasteiger partial charge is 0.490 e. The summed E-state index contributed by atoms with van der Waals surface area (Å²) in [6, 6.07) is -0.0225. The quantitative estimate of drug-likeness (QED) is 0.778. The van der Waals surface area contributed by atoms with Gasteiger partial charge in [-0.15, -0.1) is 0 Å². The van der Waals surface area contributed by atoms with Crippen molar-refractivity contribution in [2.24, 2.45) is 5.92 Å². The fraction of sp³-hybridized carbons (Fsp3) is 0.846. The zero-order valence-electron chi connectivity index (χ0n) is 12.2. The summed E-state index contributed by atoms with van der Waals surface area (Å²) in [6.45, 7) is 4.93. The molecule has 0 atom stereocenters. The van der Waals surface area contributed by atoms with Crippen molar-refractivity contribution < 1.29 is 27.5 Å². The lowest BCUT2D eigenvalue weighted by Crippen LogP contribution is -2.49. The highest BCUT2D eigenvalue weighted by molar-refractivity contribution is 5.82. The standard InChI is InChI=1S/C13H21F3N2O3/c1-9(2)7-18(10-3-5-17-6-4-10)11(19)8-21-12(20)13(14,15)16/h9-10,17H,3-8H2,1-2H3. The molecule has 1 fully saturated rings. The van der Waals surface area contributed by atoms with E-state index >= 15 is 0 Å². The van der Waals surface area contributed by atoms with Crippen LogP contribution in [0.2, 0.25) is 0 Å². The highest BCUT2D eigenvalue weighted by Gasteiger charge is 2.41. The van der Waals surface area contributed by atoms with Crippen molar-refractivity contribution in [1.82, 2.24) is 10.2 Å². The second kappa shape index (κ2) is 7.63. The summed E-state index contributed by atoms with van der Waals surface area (Å²) in [6.07, 6.45) is -3.59. The Morgan fingerprint density at radius 3 is 2.33 bits per heavy atom. The number of nitrogens with one attached hydrogen (secondary N) is 1. The van der Waals surface area contributed by atoms with Gasteiger partial charge in [0.2, 0.25) is 0 Å². The first-order valence-corrected chi connectivity index (χ1v) is 6.96. The zero-order valence-corrected chi connectivity index (χ0v) is 12.2. The van der Waals surface area contributed by atoms with Gasteiger partial charge in [-0.25, -0.2) is 4.79 Å². The Kier molecular flexibility index (Phi) is 6.44. The Morgan fingerprint density at radius 2 is 1.86 bits per heavy atom. The SMILES string of the molecule is CC(C)CN(C(=O)COC(=O)C(F)(F)F)C1CCNCC1. The van der Waals surface area contributed by atoms with Gasteiger partial charge in [0.15, 0.2) is 6.61 Å². The Bertz CT molecular complexity index is 366. The number of rotatable bonds is 5. The number of esters is 1. The van der Waals surface area contributed by atoms with E-state index in [1.165, 1.54) is 4.90 Å². The topological polar surface area (TPSA) is 58.6 Å². The summed E-state index contributed by atoms with van der Waals surface area (Å²) in [5, 5.41) is 3.16. The van der Waals surface area contributed by atoms with Crippen molar-refractivity contribution >= 4 is 11.9 Å². The highest BCUT2D eigenvalue weighted by Crippen LogP contribution is 2.18. The van der Waals surface area contributed by atoms with Crippen LogP contribution in [-0.2, 0) is 14.3 Å². The minimum absolute atomic E-state index is 0.0225. The van der Waals surface area contributed by atoms with Crippen LogP contribution >= 0.6 is 0 Å². The van der Waals surface area contributed by atoms with E-state index < -0.39 is 24.7 Å². The number of hydrogen-bond acceptors (Lipinski definition) is 4. The smallest absolute Gasteiger partial charge is 0.449 e. The first kappa shape index (κ1) is 17.7. The van der Waals surface area contributed by atoms with Crippen LogP contribution in [0.4, 0.5) is 13.2 Å². The second-order valence-corrected chi connectivity index (χ2v) is 5.50. The summed E-state index contributed by atoms with van der Waals surface area (Å²) in [7, 11) is 0. The van der Waals surface area contributed by atoms with Gasteiger partial charge in [0.1, 0.15) is 0 Å². The molecule has 1 aliphatic heterocycles. The predicted octanol–water partition coefficient (Wildman–Crippen LogP) is 1.33. The monoisotopic (exact) mass is 310 g/mol.